The monoisotopic (exact) mass is 364 g/mol. The summed E-state index contributed by atoms with van der Waals surface area (Å²) in [4.78, 5) is 31.1. The average molecular weight is 364 g/mol. The molecule has 3 aromatic rings. The summed E-state index contributed by atoms with van der Waals surface area (Å²) in [5.74, 6) is -2.47. The van der Waals surface area contributed by atoms with Crippen LogP contribution in [0.3, 0.4) is 0 Å². The Balaban J connectivity index is 1.88. The molecule has 0 amide bonds. The lowest BCUT2D eigenvalue weighted by atomic mass is 9.84. The van der Waals surface area contributed by atoms with Crippen molar-refractivity contribution in [1.82, 2.24) is 9.97 Å². The fraction of sp³-hybridized carbons (Fsp3) is 0.190. The zero-order valence-corrected chi connectivity index (χ0v) is 14.4. The highest BCUT2D eigenvalue weighted by atomic mass is 19.1. The number of benzene rings is 1. The number of carbonyl (C=O) groups excluding carboxylic acids is 1. The number of H-pyrrole nitrogens is 1. The molecule has 1 aromatic carbocycles. The first-order valence-corrected chi connectivity index (χ1v) is 8.68. The quantitative estimate of drug-likeness (QED) is 0.740. The molecule has 0 unspecified atom stereocenters. The van der Waals surface area contributed by atoms with Crippen molar-refractivity contribution in [3.8, 4) is 11.3 Å². The number of pyridine rings is 1. The first-order chi connectivity index (χ1) is 13.0. The van der Waals surface area contributed by atoms with Gasteiger partial charge < -0.3 is 10.1 Å². The zero-order chi connectivity index (χ0) is 19.0. The number of rotatable bonds is 4. The Morgan fingerprint density at radius 1 is 1.22 bits per heavy atom. The third-order valence-corrected chi connectivity index (χ3v) is 4.96. The van der Waals surface area contributed by atoms with Crippen molar-refractivity contribution in [2.75, 3.05) is 0 Å². The van der Waals surface area contributed by atoms with Gasteiger partial charge >= 0.3 is 5.97 Å². The van der Waals surface area contributed by atoms with Gasteiger partial charge in [0.15, 0.2) is 11.6 Å². The molecule has 0 bridgehead atoms. The van der Waals surface area contributed by atoms with Gasteiger partial charge in [0.1, 0.15) is 0 Å². The number of aromatic nitrogens is 2. The number of ketones is 1. The SMILES string of the molecule is O=C1C[C@H](C(=O)O)Cc2[nH]c(-c3ccncc3F)c(Cc3ccccc3)c21. The molecule has 0 spiro atoms. The topological polar surface area (TPSA) is 83.0 Å². The highest BCUT2D eigenvalue weighted by Crippen LogP contribution is 2.36. The van der Waals surface area contributed by atoms with Gasteiger partial charge in [-0.15, -0.1) is 0 Å². The fourth-order valence-electron chi connectivity index (χ4n) is 3.69. The Kier molecular flexibility index (Phi) is 4.32. The van der Waals surface area contributed by atoms with E-state index < -0.39 is 17.7 Å². The summed E-state index contributed by atoms with van der Waals surface area (Å²) in [6.07, 6.45) is 3.26. The average Bonchev–Trinajstić information content (AvgIpc) is 3.01. The molecule has 2 heterocycles. The lowest BCUT2D eigenvalue weighted by molar-refractivity contribution is -0.141. The molecule has 0 aliphatic heterocycles. The number of halogens is 1. The van der Waals surface area contributed by atoms with Gasteiger partial charge in [-0.25, -0.2) is 4.39 Å². The maximum Gasteiger partial charge on any atom is 0.307 e. The van der Waals surface area contributed by atoms with Crippen molar-refractivity contribution in [3.63, 3.8) is 0 Å². The van der Waals surface area contributed by atoms with Crippen molar-refractivity contribution in [1.29, 1.82) is 0 Å². The molecule has 0 saturated carbocycles. The number of fused-ring (bicyclic) bond motifs is 1. The van der Waals surface area contributed by atoms with Crippen LogP contribution in [0.4, 0.5) is 4.39 Å². The van der Waals surface area contributed by atoms with Crippen molar-refractivity contribution in [2.45, 2.75) is 19.3 Å². The molecular weight excluding hydrogens is 347 g/mol. The summed E-state index contributed by atoms with van der Waals surface area (Å²) in [5.41, 5.74) is 3.60. The predicted molar refractivity (Wildman–Crippen MR) is 97.0 cm³/mol. The summed E-state index contributed by atoms with van der Waals surface area (Å²) in [5, 5.41) is 9.32. The Hall–Kier alpha value is -3.28. The smallest absolute Gasteiger partial charge is 0.307 e. The van der Waals surface area contributed by atoms with Crippen LogP contribution in [0.5, 0.6) is 0 Å². The number of aliphatic carboxylic acids is 1. The van der Waals surface area contributed by atoms with Crippen LogP contribution < -0.4 is 0 Å². The lowest BCUT2D eigenvalue weighted by Crippen LogP contribution is -2.26. The maximum atomic E-state index is 14.4. The first kappa shape index (κ1) is 17.1. The van der Waals surface area contributed by atoms with E-state index in [2.05, 4.69) is 9.97 Å². The number of carboxylic acids is 1. The number of hydrogen-bond acceptors (Lipinski definition) is 3. The van der Waals surface area contributed by atoms with E-state index in [0.717, 1.165) is 11.8 Å². The van der Waals surface area contributed by atoms with Crippen LogP contribution in [0.15, 0.2) is 48.8 Å². The highest BCUT2D eigenvalue weighted by Gasteiger charge is 2.34. The van der Waals surface area contributed by atoms with Gasteiger partial charge in [-0.05, 0) is 17.2 Å². The number of carboxylic acid groups (broad SMARTS) is 1. The lowest BCUT2D eigenvalue weighted by Gasteiger charge is -2.18. The molecule has 27 heavy (non-hydrogen) atoms. The Labute approximate surface area is 154 Å². The minimum absolute atomic E-state index is 0.0414. The van der Waals surface area contributed by atoms with Crippen LogP contribution >= 0.6 is 0 Å². The summed E-state index contributed by atoms with van der Waals surface area (Å²) in [6.45, 7) is 0. The second-order valence-corrected chi connectivity index (χ2v) is 6.72. The maximum absolute atomic E-state index is 14.4. The van der Waals surface area contributed by atoms with E-state index in [1.54, 1.807) is 6.07 Å². The molecule has 0 saturated heterocycles. The van der Waals surface area contributed by atoms with Crippen molar-refractivity contribution in [3.05, 3.63) is 77.0 Å². The van der Waals surface area contributed by atoms with Gasteiger partial charge in [-0.2, -0.15) is 0 Å². The summed E-state index contributed by atoms with van der Waals surface area (Å²) < 4.78 is 14.4. The molecule has 1 aliphatic rings. The van der Waals surface area contributed by atoms with Gasteiger partial charge in [0, 0.05) is 42.3 Å². The van der Waals surface area contributed by atoms with Gasteiger partial charge in [0.25, 0.3) is 0 Å². The van der Waals surface area contributed by atoms with Crippen LogP contribution in [0.1, 0.15) is 33.6 Å². The predicted octanol–water partition coefficient (Wildman–Crippen LogP) is 3.64. The van der Waals surface area contributed by atoms with E-state index in [1.165, 1.54) is 6.20 Å². The van der Waals surface area contributed by atoms with E-state index in [0.29, 0.717) is 34.5 Å². The number of nitrogens with one attached hydrogen (secondary N) is 1. The normalized spacial score (nSPS) is 16.2. The van der Waals surface area contributed by atoms with Crippen LogP contribution in [0, 0.1) is 11.7 Å². The minimum Gasteiger partial charge on any atom is -0.481 e. The zero-order valence-electron chi connectivity index (χ0n) is 14.4. The third kappa shape index (κ3) is 3.14. The Morgan fingerprint density at radius 2 is 2.00 bits per heavy atom. The molecule has 6 heteroatoms. The summed E-state index contributed by atoms with van der Waals surface area (Å²) in [7, 11) is 0. The molecule has 0 fully saturated rings. The Bertz CT molecular complexity index is 1030. The van der Waals surface area contributed by atoms with E-state index in [1.807, 2.05) is 30.3 Å². The molecule has 0 radical (unpaired) electrons. The number of Topliss-reactive ketones (excluding diaryl/α,β-unsaturated/α-hetero) is 1. The number of carbonyl (C=O) groups is 2. The minimum atomic E-state index is -0.996. The molecule has 2 N–H and O–H groups in total. The van der Waals surface area contributed by atoms with Crippen LogP contribution in [0.2, 0.25) is 0 Å². The molecule has 4 rings (SSSR count). The standard InChI is InChI=1S/C21H17FN2O3/c22-16-11-23-7-6-14(16)20-15(8-12-4-2-1-3-5-12)19-17(24-20)9-13(21(26)27)10-18(19)25/h1-7,11,13,24H,8-10H2,(H,26,27)/t13-/m1/s1. The summed E-state index contributed by atoms with van der Waals surface area (Å²) in [6, 6.07) is 11.2. The second-order valence-electron chi connectivity index (χ2n) is 6.72. The van der Waals surface area contributed by atoms with Gasteiger partial charge in [0.2, 0.25) is 0 Å². The third-order valence-electron chi connectivity index (χ3n) is 4.96. The van der Waals surface area contributed by atoms with Crippen LogP contribution in [-0.4, -0.2) is 26.8 Å². The van der Waals surface area contributed by atoms with Crippen LogP contribution in [0.25, 0.3) is 11.3 Å². The molecule has 5 nitrogen and oxygen atoms in total. The summed E-state index contributed by atoms with van der Waals surface area (Å²) >= 11 is 0. The van der Waals surface area contributed by atoms with Gasteiger partial charge in [-0.1, -0.05) is 30.3 Å². The van der Waals surface area contributed by atoms with E-state index in [-0.39, 0.29) is 18.6 Å². The number of hydrogen-bond donors (Lipinski definition) is 2. The van der Waals surface area contributed by atoms with Gasteiger partial charge in [-0.3, -0.25) is 14.6 Å². The fourth-order valence-corrected chi connectivity index (χ4v) is 3.69. The molecule has 2 aromatic heterocycles. The molecule has 1 atom stereocenters. The van der Waals surface area contributed by atoms with Gasteiger partial charge in [0.05, 0.1) is 17.8 Å². The molecule has 1 aliphatic carbocycles. The number of nitrogens with zero attached hydrogens (tertiary/aromatic N) is 1. The largest absolute Gasteiger partial charge is 0.481 e. The van der Waals surface area contributed by atoms with Crippen molar-refractivity contribution >= 4 is 11.8 Å². The van der Waals surface area contributed by atoms with Crippen LogP contribution in [-0.2, 0) is 17.6 Å². The van der Waals surface area contributed by atoms with Crippen molar-refractivity contribution in [2.24, 2.45) is 5.92 Å². The number of aromatic amines is 1. The Morgan fingerprint density at radius 3 is 2.70 bits per heavy atom. The first-order valence-electron chi connectivity index (χ1n) is 8.68. The van der Waals surface area contributed by atoms with E-state index in [9.17, 15) is 19.1 Å². The molecular formula is C21H17FN2O3. The van der Waals surface area contributed by atoms with Crippen molar-refractivity contribution < 1.29 is 19.1 Å². The second kappa shape index (κ2) is 6.79. The highest BCUT2D eigenvalue weighted by molar-refractivity contribution is 6.03. The molecule has 136 valence electrons. The van der Waals surface area contributed by atoms with E-state index >= 15 is 0 Å². The van der Waals surface area contributed by atoms with E-state index in [4.69, 9.17) is 0 Å².